The summed E-state index contributed by atoms with van der Waals surface area (Å²) in [6, 6.07) is 11.4. The number of aromatic amines is 1. The minimum atomic E-state index is -0.443. The summed E-state index contributed by atoms with van der Waals surface area (Å²) in [6.07, 6.45) is 2.30. The molecule has 0 radical (unpaired) electrons. The predicted octanol–water partition coefficient (Wildman–Crippen LogP) is 3.83. The molecule has 5 rings (SSSR count). The first kappa shape index (κ1) is 24.4. The molecular formula is C25H26N6O6. The van der Waals surface area contributed by atoms with Crippen molar-refractivity contribution in [2.24, 2.45) is 0 Å². The number of ether oxygens (including phenoxy) is 4. The molecule has 0 bridgehead atoms. The summed E-state index contributed by atoms with van der Waals surface area (Å²) in [5.41, 5.74) is 2.04. The van der Waals surface area contributed by atoms with Crippen molar-refractivity contribution in [3.63, 3.8) is 0 Å². The molecule has 2 aromatic carbocycles. The number of hydrogen-bond acceptors (Lipinski definition) is 10. The minimum Gasteiger partial charge on any atom is -0.493 e. The lowest BCUT2D eigenvalue weighted by atomic mass is 10.1. The first-order valence-electron chi connectivity index (χ1n) is 11.8. The Labute approximate surface area is 212 Å². The summed E-state index contributed by atoms with van der Waals surface area (Å²) >= 11 is 0. The second kappa shape index (κ2) is 11.2. The van der Waals surface area contributed by atoms with Gasteiger partial charge < -0.3 is 18.9 Å². The molecular weight excluding hydrogens is 480 g/mol. The van der Waals surface area contributed by atoms with Gasteiger partial charge in [-0.3, -0.25) is 20.1 Å². The van der Waals surface area contributed by atoms with Crippen LogP contribution in [0.5, 0.6) is 23.3 Å². The number of methoxy groups -OCH3 is 1. The highest BCUT2D eigenvalue weighted by Gasteiger charge is 2.16. The van der Waals surface area contributed by atoms with Gasteiger partial charge in [-0.25, -0.2) is 9.97 Å². The zero-order chi connectivity index (χ0) is 25.6. The number of morpholine rings is 1. The molecule has 0 amide bonds. The second-order valence-electron chi connectivity index (χ2n) is 8.38. The summed E-state index contributed by atoms with van der Waals surface area (Å²) in [7, 11) is 1.58. The fourth-order valence-electron chi connectivity index (χ4n) is 4.05. The average molecular weight is 507 g/mol. The van der Waals surface area contributed by atoms with Gasteiger partial charge in [0.25, 0.3) is 5.69 Å². The van der Waals surface area contributed by atoms with Crippen molar-refractivity contribution in [3.8, 4) is 34.5 Å². The van der Waals surface area contributed by atoms with E-state index in [-0.39, 0.29) is 11.6 Å². The smallest absolute Gasteiger partial charge is 0.269 e. The Morgan fingerprint density at radius 3 is 2.68 bits per heavy atom. The zero-order valence-corrected chi connectivity index (χ0v) is 20.3. The van der Waals surface area contributed by atoms with Crippen LogP contribution in [0.15, 0.2) is 48.8 Å². The highest BCUT2D eigenvalue weighted by atomic mass is 16.6. The van der Waals surface area contributed by atoms with Crippen LogP contribution in [0.3, 0.4) is 0 Å². The molecule has 12 heteroatoms. The van der Waals surface area contributed by atoms with Crippen molar-refractivity contribution in [1.29, 1.82) is 0 Å². The Kier molecular flexibility index (Phi) is 7.38. The number of nitrogens with one attached hydrogen (secondary N) is 1. The molecule has 0 saturated carbocycles. The third kappa shape index (κ3) is 5.76. The molecule has 3 heterocycles. The normalized spacial score (nSPS) is 14.0. The second-order valence-corrected chi connectivity index (χ2v) is 8.38. The van der Waals surface area contributed by atoms with Crippen molar-refractivity contribution >= 4 is 16.6 Å². The van der Waals surface area contributed by atoms with Crippen LogP contribution in [0.25, 0.3) is 22.2 Å². The summed E-state index contributed by atoms with van der Waals surface area (Å²) in [6.45, 7) is 4.95. The Balaban J connectivity index is 1.29. The van der Waals surface area contributed by atoms with E-state index in [1.54, 1.807) is 31.4 Å². The monoisotopic (exact) mass is 506 g/mol. The molecule has 1 aliphatic rings. The summed E-state index contributed by atoms with van der Waals surface area (Å²) in [4.78, 5) is 21.4. The van der Waals surface area contributed by atoms with E-state index >= 15 is 0 Å². The van der Waals surface area contributed by atoms with Crippen LogP contribution in [-0.4, -0.2) is 76.6 Å². The van der Waals surface area contributed by atoms with Crippen molar-refractivity contribution in [3.05, 3.63) is 58.9 Å². The molecule has 0 spiro atoms. The van der Waals surface area contributed by atoms with Crippen molar-refractivity contribution in [1.82, 2.24) is 25.1 Å². The van der Waals surface area contributed by atoms with Crippen molar-refractivity contribution in [2.45, 2.75) is 6.42 Å². The Morgan fingerprint density at radius 1 is 1.11 bits per heavy atom. The number of nitro groups is 1. The number of nitrogens with zero attached hydrogens (tertiary/aromatic N) is 5. The molecule has 1 saturated heterocycles. The maximum absolute atomic E-state index is 10.9. The highest BCUT2D eigenvalue weighted by molar-refractivity contribution is 5.87. The molecule has 1 fully saturated rings. The van der Waals surface area contributed by atoms with Gasteiger partial charge in [-0.15, -0.1) is 5.10 Å². The van der Waals surface area contributed by atoms with Crippen LogP contribution in [0.2, 0.25) is 0 Å². The quantitative estimate of drug-likeness (QED) is 0.192. The van der Waals surface area contributed by atoms with Gasteiger partial charge >= 0.3 is 0 Å². The third-order valence-electron chi connectivity index (χ3n) is 6.01. The Hall–Kier alpha value is -4.29. The third-order valence-corrected chi connectivity index (χ3v) is 6.01. The number of rotatable bonds is 10. The molecule has 2 aromatic heterocycles. The van der Waals surface area contributed by atoms with Crippen LogP contribution < -0.4 is 14.2 Å². The number of aromatic nitrogens is 4. The van der Waals surface area contributed by atoms with Crippen LogP contribution in [0, 0.1) is 10.1 Å². The number of benzene rings is 2. The largest absolute Gasteiger partial charge is 0.493 e. The van der Waals surface area contributed by atoms with E-state index < -0.39 is 4.92 Å². The van der Waals surface area contributed by atoms with Gasteiger partial charge in [0.15, 0.2) is 11.5 Å². The fraction of sp³-hybridized carbons (Fsp3) is 0.320. The van der Waals surface area contributed by atoms with Crippen LogP contribution in [0.4, 0.5) is 5.69 Å². The number of hydrogen-bond donors (Lipinski definition) is 1. The number of H-pyrrole nitrogens is 1. The number of fused-ring (bicyclic) bond motifs is 1. The van der Waals surface area contributed by atoms with Gasteiger partial charge in [0.1, 0.15) is 6.33 Å². The van der Waals surface area contributed by atoms with Crippen molar-refractivity contribution in [2.75, 3.05) is 46.6 Å². The molecule has 0 atom stereocenters. The number of non-ortho nitro benzene ring substituents is 1. The zero-order valence-electron chi connectivity index (χ0n) is 20.3. The van der Waals surface area contributed by atoms with E-state index in [2.05, 4.69) is 25.1 Å². The van der Waals surface area contributed by atoms with Gasteiger partial charge in [-0.05, 0) is 24.6 Å². The predicted molar refractivity (Wildman–Crippen MR) is 134 cm³/mol. The van der Waals surface area contributed by atoms with Crippen LogP contribution in [-0.2, 0) is 4.74 Å². The van der Waals surface area contributed by atoms with Gasteiger partial charge in [0, 0.05) is 49.5 Å². The summed E-state index contributed by atoms with van der Waals surface area (Å²) in [5, 5.41) is 18.6. The van der Waals surface area contributed by atoms with E-state index in [1.807, 2.05) is 6.07 Å². The van der Waals surface area contributed by atoms with Gasteiger partial charge in [-0.2, -0.15) is 0 Å². The average Bonchev–Trinajstić information content (AvgIpc) is 3.40. The maximum atomic E-state index is 10.9. The molecule has 0 unspecified atom stereocenters. The fourth-order valence-corrected chi connectivity index (χ4v) is 4.05. The molecule has 0 aliphatic carbocycles. The van der Waals surface area contributed by atoms with Crippen LogP contribution >= 0.6 is 0 Å². The van der Waals surface area contributed by atoms with Crippen LogP contribution in [0.1, 0.15) is 6.42 Å². The SMILES string of the molecule is COc1cc2c(Oc3cc(-c4ccc([N+](=O)[O-])cc4)[nH]n3)ncnc2cc1OCCCN1CCOCC1. The van der Waals surface area contributed by atoms with E-state index in [1.165, 1.54) is 18.5 Å². The van der Waals surface area contributed by atoms with E-state index in [0.29, 0.717) is 40.6 Å². The van der Waals surface area contributed by atoms with Gasteiger partial charge in [0.2, 0.25) is 11.8 Å². The Morgan fingerprint density at radius 2 is 1.92 bits per heavy atom. The molecule has 37 heavy (non-hydrogen) atoms. The first-order chi connectivity index (χ1) is 18.1. The van der Waals surface area contributed by atoms with Gasteiger partial charge in [0.05, 0.1) is 48.5 Å². The minimum absolute atomic E-state index is 0.0154. The molecule has 192 valence electrons. The first-order valence-corrected chi connectivity index (χ1v) is 11.8. The lowest BCUT2D eigenvalue weighted by Gasteiger charge is -2.26. The molecule has 4 aromatic rings. The van der Waals surface area contributed by atoms with E-state index in [9.17, 15) is 10.1 Å². The lowest BCUT2D eigenvalue weighted by molar-refractivity contribution is -0.384. The highest BCUT2D eigenvalue weighted by Crippen LogP contribution is 2.36. The molecule has 12 nitrogen and oxygen atoms in total. The Bertz CT molecular complexity index is 1370. The summed E-state index contributed by atoms with van der Waals surface area (Å²) < 4.78 is 22.9. The molecule has 1 aliphatic heterocycles. The maximum Gasteiger partial charge on any atom is 0.269 e. The van der Waals surface area contributed by atoms with E-state index in [0.717, 1.165) is 44.8 Å². The summed E-state index contributed by atoms with van der Waals surface area (Å²) in [5.74, 6) is 1.74. The van der Waals surface area contributed by atoms with Crippen molar-refractivity contribution < 1.29 is 23.9 Å². The molecule has 1 N–H and O–H groups in total. The standard InChI is InChI=1S/C25H26N6O6/c1-34-22-13-19-21(14-23(22)36-10-2-7-30-8-11-35-12-9-30)26-16-27-25(19)37-24-15-20(28-29-24)17-3-5-18(6-4-17)31(32)33/h3-6,13-16H,2,7-12H2,1H3,(H,28,29). The van der Waals surface area contributed by atoms with Gasteiger partial charge in [-0.1, -0.05) is 0 Å². The number of nitro benzene ring substituents is 1. The lowest BCUT2D eigenvalue weighted by Crippen LogP contribution is -2.37. The topological polar surface area (TPSA) is 138 Å². The van der Waals surface area contributed by atoms with E-state index in [4.69, 9.17) is 18.9 Å².